The lowest BCUT2D eigenvalue weighted by Crippen LogP contribution is -2.24. The summed E-state index contributed by atoms with van der Waals surface area (Å²) in [5.41, 5.74) is 1.49. The van der Waals surface area contributed by atoms with Gasteiger partial charge in [-0.2, -0.15) is 0 Å². The first-order valence-corrected chi connectivity index (χ1v) is 8.74. The molecular formula is C18H16N2O3S. The number of nitrogens with zero attached hydrogens (tertiary/aromatic N) is 2. The fourth-order valence-corrected chi connectivity index (χ4v) is 3.83. The van der Waals surface area contributed by atoms with E-state index in [1.54, 1.807) is 6.07 Å². The summed E-state index contributed by atoms with van der Waals surface area (Å²) in [6.07, 6.45) is 3.16. The second kappa shape index (κ2) is 5.87. The molecule has 1 aliphatic rings. The van der Waals surface area contributed by atoms with Gasteiger partial charge in [-0.05, 0) is 36.2 Å². The van der Waals surface area contributed by atoms with Crippen LogP contribution in [0.25, 0.3) is 10.2 Å². The highest BCUT2D eigenvalue weighted by Crippen LogP contribution is 2.26. The number of benzene rings is 1. The topological polar surface area (TPSA) is 61.2 Å². The minimum absolute atomic E-state index is 0.00127. The number of aromatic nitrogens is 2. The van der Waals surface area contributed by atoms with Crippen molar-refractivity contribution in [2.75, 3.05) is 6.61 Å². The Bertz CT molecular complexity index is 1000. The Morgan fingerprint density at radius 3 is 3.08 bits per heavy atom. The molecule has 0 amide bonds. The highest BCUT2D eigenvalue weighted by atomic mass is 32.1. The molecule has 3 heterocycles. The quantitative estimate of drug-likeness (QED) is 0.685. The molecule has 0 spiro atoms. The lowest BCUT2D eigenvalue weighted by molar-refractivity contribution is 0.0970. The number of hydrogen-bond acceptors (Lipinski definition) is 5. The molecule has 1 aliphatic heterocycles. The van der Waals surface area contributed by atoms with Crippen molar-refractivity contribution in [2.45, 2.75) is 26.3 Å². The summed E-state index contributed by atoms with van der Waals surface area (Å²) in [6, 6.07) is 7.32. The van der Waals surface area contributed by atoms with Crippen LogP contribution in [0.2, 0.25) is 0 Å². The number of hydrogen-bond donors (Lipinski definition) is 0. The standard InChI is InChI=1S/C18H16N2O3S/c1-2-13-8-14-17(24-13)19-10-20(18(14)22)9-15(21)11-3-4-16-12(7-11)5-6-23-16/h3-4,7-8,10H,2,5-6,9H2,1H3. The SMILES string of the molecule is CCc1cc2c(=O)n(CC(=O)c3ccc4c(c3)CCO4)cnc2s1. The highest BCUT2D eigenvalue weighted by molar-refractivity contribution is 7.18. The Balaban J connectivity index is 1.65. The van der Waals surface area contributed by atoms with Crippen LogP contribution in [0.4, 0.5) is 0 Å². The molecule has 6 heteroatoms. The number of carbonyl (C=O) groups excluding carboxylic acids is 1. The second-order valence-corrected chi connectivity index (χ2v) is 6.92. The third-order valence-electron chi connectivity index (χ3n) is 4.24. The van der Waals surface area contributed by atoms with E-state index in [2.05, 4.69) is 4.98 Å². The molecule has 3 aromatic rings. The van der Waals surface area contributed by atoms with Crippen LogP contribution in [-0.2, 0) is 19.4 Å². The Labute approximate surface area is 142 Å². The fraction of sp³-hybridized carbons (Fsp3) is 0.278. The first-order chi connectivity index (χ1) is 11.7. The minimum atomic E-state index is -0.159. The molecule has 4 rings (SSSR count). The zero-order valence-electron chi connectivity index (χ0n) is 13.2. The van der Waals surface area contributed by atoms with E-state index in [1.165, 1.54) is 22.2 Å². The van der Waals surface area contributed by atoms with Crippen LogP contribution in [0.1, 0.15) is 27.7 Å². The van der Waals surface area contributed by atoms with Crippen molar-refractivity contribution in [2.24, 2.45) is 0 Å². The van der Waals surface area contributed by atoms with E-state index in [1.807, 2.05) is 25.1 Å². The fourth-order valence-electron chi connectivity index (χ4n) is 2.90. The number of ketones is 1. The second-order valence-electron chi connectivity index (χ2n) is 5.81. The molecule has 0 saturated carbocycles. The summed E-state index contributed by atoms with van der Waals surface area (Å²) in [6.45, 7) is 2.70. The summed E-state index contributed by atoms with van der Waals surface area (Å²) in [5, 5.41) is 0.592. The molecule has 0 atom stereocenters. The molecule has 5 nitrogen and oxygen atoms in total. The lowest BCUT2D eigenvalue weighted by atomic mass is 10.1. The third kappa shape index (κ3) is 2.53. The summed E-state index contributed by atoms with van der Waals surface area (Å²) in [5.74, 6) is 0.746. The van der Waals surface area contributed by atoms with Crippen LogP contribution in [0.5, 0.6) is 5.75 Å². The zero-order valence-corrected chi connectivity index (χ0v) is 14.1. The average Bonchev–Trinajstić information content (AvgIpc) is 3.23. The van der Waals surface area contributed by atoms with Gasteiger partial charge in [0.15, 0.2) is 5.78 Å². The van der Waals surface area contributed by atoms with Gasteiger partial charge in [-0.25, -0.2) is 4.98 Å². The van der Waals surface area contributed by atoms with Gasteiger partial charge in [0.25, 0.3) is 5.56 Å². The number of carbonyl (C=O) groups is 1. The molecule has 0 aliphatic carbocycles. The Morgan fingerprint density at radius 2 is 2.25 bits per heavy atom. The molecule has 24 heavy (non-hydrogen) atoms. The van der Waals surface area contributed by atoms with Crippen molar-refractivity contribution in [1.29, 1.82) is 0 Å². The van der Waals surface area contributed by atoms with Gasteiger partial charge in [-0.15, -0.1) is 11.3 Å². The lowest BCUT2D eigenvalue weighted by Gasteiger charge is -2.06. The number of ether oxygens (including phenoxy) is 1. The largest absolute Gasteiger partial charge is 0.493 e. The van der Waals surface area contributed by atoms with E-state index >= 15 is 0 Å². The van der Waals surface area contributed by atoms with Crippen molar-refractivity contribution in [3.63, 3.8) is 0 Å². The van der Waals surface area contributed by atoms with Gasteiger partial charge in [0.2, 0.25) is 0 Å². The molecule has 0 N–H and O–H groups in total. The van der Waals surface area contributed by atoms with Gasteiger partial charge in [-0.1, -0.05) is 6.92 Å². The van der Waals surface area contributed by atoms with E-state index in [0.29, 0.717) is 17.6 Å². The summed E-state index contributed by atoms with van der Waals surface area (Å²) in [4.78, 5) is 31.3. The number of fused-ring (bicyclic) bond motifs is 2. The Hall–Kier alpha value is -2.47. The van der Waals surface area contributed by atoms with Gasteiger partial charge in [0, 0.05) is 16.9 Å². The molecule has 122 valence electrons. The van der Waals surface area contributed by atoms with Crippen LogP contribution >= 0.6 is 11.3 Å². The van der Waals surface area contributed by atoms with Crippen molar-refractivity contribution in [1.82, 2.24) is 9.55 Å². The smallest absolute Gasteiger partial charge is 0.262 e. The van der Waals surface area contributed by atoms with E-state index in [9.17, 15) is 9.59 Å². The molecule has 2 aromatic heterocycles. The van der Waals surface area contributed by atoms with Crippen molar-refractivity contribution >= 4 is 27.3 Å². The van der Waals surface area contributed by atoms with Crippen LogP contribution in [-0.4, -0.2) is 21.9 Å². The van der Waals surface area contributed by atoms with Crippen molar-refractivity contribution in [3.05, 3.63) is 57.0 Å². The maximum Gasteiger partial charge on any atom is 0.262 e. The molecular weight excluding hydrogens is 324 g/mol. The first-order valence-electron chi connectivity index (χ1n) is 7.92. The van der Waals surface area contributed by atoms with Gasteiger partial charge < -0.3 is 4.74 Å². The van der Waals surface area contributed by atoms with Gasteiger partial charge in [0.1, 0.15) is 10.6 Å². The maximum atomic E-state index is 12.6. The Morgan fingerprint density at radius 1 is 1.38 bits per heavy atom. The van der Waals surface area contributed by atoms with Crippen LogP contribution in [0, 0.1) is 0 Å². The molecule has 0 radical (unpaired) electrons. The van der Waals surface area contributed by atoms with Crippen molar-refractivity contribution in [3.8, 4) is 5.75 Å². The van der Waals surface area contributed by atoms with E-state index in [0.717, 1.165) is 33.9 Å². The number of Topliss-reactive ketones (excluding diaryl/α,β-unsaturated/α-hetero) is 1. The summed E-state index contributed by atoms with van der Waals surface area (Å²) < 4.78 is 6.85. The monoisotopic (exact) mass is 340 g/mol. The highest BCUT2D eigenvalue weighted by Gasteiger charge is 2.16. The number of thiophene rings is 1. The Kier molecular flexibility index (Phi) is 3.69. The average molecular weight is 340 g/mol. The molecule has 1 aromatic carbocycles. The minimum Gasteiger partial charge on any atom is -0.493 e. The van der Waals surface area contributed by atoms with Crippen molar-refractivity contribution < 1.29 is 9.53 Å². The normalized spacial score (nSPS) is 13.0. The summed E-state index contributed by atoms with van der Waals surface area (Å²) in [7, 11) is 0. The van der Waals surface area contributed by atoms with Crippen LogP contribution < -0.4 is 10.3 Å². The third-order valence-corrected chi connectivity index (χ3v) is 5.43. The predicted molar refractivity (Wildman–Crippen MR) is 93.2 cm³/mol. The van der Waals surface area contributed by atoms with Crippen LogP contribution in [0.3, 0.4) is 0 Å². The predicted octanol–water partition coefficient (Wildman–Crippen LogP) is 2.84. The van der Waals surface area contributed by atoms with Gasteiger partial charge in [0.05, 0.1) is 24.9 Å². The molecule has 0 saturated heterocycles. The molecule has 0 unspecified atom stereocenters. The van der Waals surface area contributed by atoms with Gasteiger partial charge in [-0.3, -0.25) is 14.2 Å². The molecule has 0 bridgehead atoms. The van der Waals surface area contributed by atoms with E-state index in [4.69, 9.17) is 4.74 Å². The van der Waals surface area contributed by atoms with E-state index < -0.39 is 0 Å². The zero-order chi connectivity index (χ0) is 16.7. The van der Waals surface area contributed by atoms with E-state index in [-0.39, 0.29) is 17.9 Å². The molecule has 0 fully saturated rings. The number of rotatable bonds is 4. The maximum absolute atomic E-state index is 12.6. The first kappa shape index (κ1) is 15.1. The summed E-state index contributed by atoms with van der Waals surface area (Å²) >= 11 is 1.53. The van der Waals surface area contributed by atoms with Crippen LogP contribution in [0.15, 0.2) is 35.4 Å². The number of aryl methyl sites for hydroxylation is 1. The van der Waals surface area contributed by atoms with Gasteiger partial charge >= 0.3 is 0 Å².